The van der Waals surface area contributed by atoms with Gasteiger partial charge in [0.25, 0.3) is 17.3 Å². The van der Waals surface area contributed by atoms with Gasteiger partial charge in [0.1, 0.15) is 6.07 Å². The topological polar surface area (TPSA) is 165 Å². The molecule has 1 amide bonds. The molecule has 2 rings (SSSR count). The minimum Gasteiger partial charge on any atom is -0.452 e. The van der Waals surface area contributed by atoms with Crippen molar-refractivity contribution in [1.82, 2.24) is 0 Å². The lowest BCUT2D eigenvalue weighted by atomic mass is 10.1. The highest BCUT2D eigenvalue weighted by molar-refractivity contribution is 5.95. The first-order valence-electron chi connectivity index (χ1n) is 7.88. The number of ether oxygens (including phenoxy) is 1. The fraction of sp³-hybridized carbons (Fsp3) is 0.0556. The quantitative estimate of drug-likeness (QED) is 0.322. The van der Waals surface area contributed by atoms with Gasteiger partial charge in [0.05, 0.1) is 21.1 Å². The Morgan fingerprint density at radius 3 is 2.28 bits per heavy atom. The smallest absolute Gasteiger partial charge is 0.331 e. The van der Waals surface area contributed by atoms with Crippen LogP contribution in [-0.2, 0) is 14.3 Å². The number of nitro benzene ring substituents is 2. The summed E-state index contributed by atoms with van der Waals surface area (Å²) in [5, 5.41) is 32.6. The Bertz CT molecular complexity index is 1040. The predicted octanol–water partition coefficient (Wildman–Crippen LogP) is 2.57. The van der Waals surface area contributed by atoms with Crippen LogP contribution in [-0.4, -0.2) is 28.3 Å². The Balaban J connectivity index is 1.90. The summed E-state index contributed by atoms with van der Waals surface area (Å²) in [6.07, 6.45) is 2.40. The summed E-state index contributed by atoms with van der Waals surface area (Å²) in [5.74, 6) is -1.57. The van der Waals surface area contributed by atoms with E-state index >= 15 is 0 Å². The summed E-state index contributed by atoms with van der Waals surface area (Å²) >= 11 is 0. The van der Waals surface area contributed by atoms with E-state index < -0.39 is 28.3 Å². The largest absolute Gasteiger partial charge is 0.452 e. The van der Waals surface area contributed by atoms with Crippen molar-refractivity contribution in [3.63, 3.8) is 0 Å². The Morgan fingerprint density at radius 1 is 1.07 bits per heavy atom. The van der Waals surface area contributed by atoms with E-state index in [2.05, 4.69) is 5.32 Å². The van der Waals surface area contributed by atoms with Crippen molar-refractivity contribution in [2.24, 2.45) is 0 Å². The van der Waals surface area contributed by atoms with E-state index in [1.54, 1.807) is 6.07 Å². The van der Waals surface area contributed by atoms with E-state index in [4.69, 9.17) is 10.00 Å². The molecule has 0 aliphatic rings. The first-order valence-corrected chi connectivity index (χ1v) is 7.88. The minimum absolute atomic E-state index is 0.0422. The van der Waals surface area contributed by atoms with E-state index in [9.17, 15) is 29.8 Å². The molecular weight excluding hydrogens is 384 g/mol. The van der Waals surface area contributed by atoms with Gasteiger partial charge < -0.3 is 10.1 Å². The summed E-state index contributed by atoms with van der Waals surface area (Å²) in [6.45, 7) is -0.648. The van der Waals surface area contributed by atoms with Crippen LogP contribution in [0.15, 0.2) is 48.5 Å². The van der Waals surface area contributed by atoms with Crippen molar-refractivity contribution in [2.75, 3.05) is 11.9 Å². The number of nitrogens with one attached hydrogen (secondary N) is 1. The fourth-order valence-electron chi connectivity index (χ4n) is 2.09. The minimum atomic E-state index is -0.831. The number of hydrogen-bond donors (Lipinski definition) is 1. The highest BCUT2D eigenvalue weighted by atomic mass is 16.6. The Hall–Kier alpha value is -4.59. The summed E-state index contributed by atoms with van der Waals surface area (Å²) in [5.41, 5.74) is 0.0470. The zero-order valence-corrected chi connectivity index (χ0v) is 14.6. The first kappa shape index (κ1) is 20.7. The van der Waals surface area contributed by atoms with Gasteiger partial charge in [-0.1, -0.05) is 0 Å². The second-order valence-corrected chi connectivity index (χ2v) is 5.44. The van der Waals surface area contributed by atoms with Gasteiger partial charge in [0.2, 0.25) is 0 Å². The number of nitro groups is 2. The Morgan fingerprint density at radius 2 is 1.69 bits per heavy atom. The molecule has 0 heterocycles. The second kappa shape index (κ2) is 9.38. The number of benzene rings is 2. The fourth-order valence-corrected chi connectivity index (χ4v) is 2.09. The molecule has 2 aromatic rings. The van der Waals surface area contributed by atoms with Gasteiger partial charge in [-0.25, -0.2) is 4.79 Å². The molecule has 2 aromatic carbocycles. The number of nitriles is 1. The summed E-state index contributed by atoms with van der Waals surface area (Å²) in [7, 11) is 0. The molecular formula is C18H12N4O7. The van der Waals surface area contributed by atoms with Crippen LogP contribution in [0.3, 0.4) is 0 Å². The lowest BCUT2D eigenvalue weighted by Crippen LogP contribution is -2.20. The maximum Gasteiger partial charge on any atom is 0.331 e. The van der Waals surface area contributed by atoms with Crippen molar-refractivity contribution >= 4 is 35.0 Å². The zero-order valence-electron chi connectivity index (χ0n) is 14.6. The Kier molecular flexibility index (Phi) is 6.70. The second-order valence-electron chi connectivity index (χ2n) is 5.44. The van der Waals surface area contributed by atoms with Crippen molar-refractivity contribution in [1.29, 1.82) is 5.26 Å². The molecule has 1 N–H and O–H groups in total. The van der Waals surface area contributed by atoms with E-state index in [0.29, 0.717) is 5.56 Å². The van der Waals surface area contributed by atoms with E-state index in [1.165, 1.54) is 36.4 Å². The van der Waals surface area contributed by atoms with E-state index in [0.717, 1.165) is 18.2 Å². The van der Waals surface area contributed by atoms with Crippen LogP contribution in [0, 0.1) is 31.6 Å². The summed E-state index contributed by atoms with van der Waals surface area (Å²) in [4.78, 5) is 43.6. The summed E-state index contributed by atoms with van der Waals surface area (Å²) in [6, 6.07) is 10.5. The van der Waals surface area contributed by atoms with Gasteiger partial charge in [0.15, 0.2) is 6.61 Å². The van der Waals surface area contributed by atoms with E-state index in [-0.39, 0.29) is 22.6 Å². The van der Waals surface area contributed by atoms with Gasteiger partial charge in [-0.2, -0.15) is 5.26 Å². The average Bonchev–Trinajstić information content (AvgIpc) is 2.71. The number of non-ortho nitro benzene ring substituents is 2. The Labute approximate surface area is 163 Å². The SMILES string of the molecule is N#Cc1cc([N+](=O)[O-])ccc1NC(=O)COC(=O)C=Cc1ccc([N+](=O)[O-])cc1. The van der Waals surface area contributed by atoms with Crippen LogP contribution in [0.5, 0.6) is 0 Å². The molecule has 0 atom stereocenters. The number of amides is 1. The highest BCUT2D eigenvalue weighted by Gasteiger charge is 2.13. The average molecular weight is 396 g/mol. The van der Waals surface area contributed by atoms with E-state index in [1.807, 2.05) is 0 Å². The van der Waals surface area contributed by atoms with Crippen molar-refractivity contribution in [3.05, 3.63) is 79.9 Å². The normalized spacial score (nSPS) is 10.2. The number of esters is 1. The lowest BCUT2D eigenvalue weighted by molar-refractivity contribution is -0.385. The molecule has 0 saturated carbocycles. The molecule has 0 spiro atoms. The van der Waals surface area contributed by atoms with Gasteiger partial charge >= 0.3 is 5.97 Å². The van der Waals surface area contributed by atoms with Gasteiger partial charge in [0, 0.05) is 30.3 Å². The molecule has 0 saturated heterocycles. The molecule has 29 heavy (non-hydrogen) atoms. The third-order valence-electron chi connectivity index (χ3n) is 3.47. The molecule has 146 valence electrons. The number of carbonyl (C=O) groups excluding carboxylic acids is 2. The van der Waals surface area contributed by atoms with Crippen LogP contribution >= 0.6 is 0 Å². The lowest BCUT2D eigenvalue weighted by Gasteiger charge is -2.07. The van der Waals surface area contributed by atoms with Crippen LogP contribution in [0.2, 0.25) is 0 Å². The van der Waals surface area contributed by atoms with Crippen LogP contribution in [0.1, 0.15) is 11.1 Å². The molecule has 11 nitrogen and oxygen atoms in total. The number of hydrogen-bond acceptors (Lipinski definition) is 8. The number of nitrogens with zero attached hydrogens (tertiary/aromatic N) is 3. The van der Waals surface area contributed by atoms with Crippen LogP contribution in [0.4, 0.5) is 17.1 Å². The van der Waals surface area contributed by atoms with Crippen LogP contribution in [0.25, 0.3) is 6.08 Å². The molecule has 0 aliphatic heterocycles. The third kappa shape index (κ3) is 5.97. The summed E-state index contributed by atoms with van der Waals surface area (Å²) < 4.78 is 4.76. The van der Waals surface area contributed by atoms with Gasteiger partial charge in [-0.15, -0.1) is 0 Å². The predicted molar refractivity (Wildman–Crippen MR) is 99.5 cm³/mol. The number of rotatable bonds is 7. The first-order chi connectivity index (χ1) is 13.8. The third-order valence-corrected chi connectivity index (χ3v) is 3.47. The number of anilines is 1. The van der Waals surface area contributed by atoms with Crippen molar-refractivity contribution in [2.45, 2.75) is 0 Å². The van der Waals surface area contributed by atoms with Crippen molar-refractivity contribution < 1.29 is 24.2 Å². The molecule has 0 fully saturated rings. The van der Waals surface area contributed by atoms with Crippen LogP contribution < -0.4 is 5.32 Å². The molecule has 0 bridgehead atoms. The van der Waals surface area contributed by atoms with Gasteiger partial charge in [-0.05, 0) is 29.8 Å². The molecule has 0 radical (unpaired) electrons. The van der Waals surface area contributed by atoms with Crippen molar-refractivity contribution in [3.8, 4) is 6.07 Å². The highest BCUT2D eigenvalue weighted by Crippen LogP contribution is 2.21. The maximum atomic E-state index is 11.9. The molecule has 0 aromatic heterocycles. The number of carbonyl (C=O) groups is 2. The maximum absolute atomic E-state index is 11.9. The standard InChI is InChI=1S/C18H12N4O7/c19-10-13-9-15(22(27)28)6-7-16(13)20-17(23)11-29-18(24)8-3-12-1-4-14(5-2-12)21(25)26/h1-9H,11H2,(H,20,23). The molecule has 0 aliphatic carbocycles. The van der Waals surface area contributed by atoms with Gasteiger partial charge in [-0.3, -0.25) is 25.0 Å². The molecule has 11 heteroatoms. The molecule has 0 unspecified atom stereocenters. The zero-order chi connectivity index (χ0) is 21.4. The monoisotopic (exact) mass is 396 g/mol.